The van der Waals surface area contributed by atoms with Gasteiger partial charge in [0.25, 0.3) is 0 Å². The third-order valence-electron chi connectivity index (χ3n) is 4.62. The van der Waals surface area contributed by atoms with Crippen LogP contribution in [0.5, 0.6) is 0 Å². The number of sulfone groups is 1. The van der Waals surface area contributed by atoms with Crippen LogP contribution in [-0.2, 0) is 16.4 Å². The third-order valence-corrected chi connectivity index (χ3v) is 5.75. The van der Waals surface area contributed by atoms with Crippen LogP contribution in [0.3, 0.4) is 0 Å². The number of pyridine rings is 1. The Labute approximate surface area is 174 Å². The van der Waals surface area contributed by atoms with E-state index in [1.54, 1.807) is 35.1 Å². The summed E-state index contributed by atoms with van der Waals surface area (Å²) in [5, 5.41) is 15.4. The molecule has 9 heteroatoms. The molecule has 2 aromatic heterocycles. The Morgan fingerprint density at radius 3 is 2.37 bits per heavy atom. The minimum absolute atomic E-state index is 0.134. The van der Waals surface area contributed by atoms with Crippen LogP contribution in [0.1, 0.15) is 23.1 Å². The fraction of sp³-hybridized carbons (Fsp3) is 0.143. The Morgan fingerprint density at radius 2 is 1.70 bits per heavy atom. The van der Waals surface area contributed by atoms with Crippen molar-refractivity contribution < 1.29 is 8.42 Å². The van der Waals surface area contributed by atoms with Gasteiger partial charge in [-0.05, 0) is 52.4 Å². The van der Waals surface area contributed by atoms with E-state index in [9.17, 15) is 8.42 Å². The van der Waals surface area contributed by atoms with E-state index >= 15 is 0 Å². The largest absolute Gasteiger partial charge is 0.298 e. The Bertz CT molecular complexity index is 1170. The maximum Gasteiger partial charge on any atom is 0.175 e. The van der Waals surface area contributed by atoms with Crippen LogP contribution >= 0.6 is 0 Å². The lowest BCUT2D eigenvalue weighted by Gasteiger charge is -2.18. The van der Waals surface area contributed by atoms with Crippen LogP contribution in [-0.4, -0.2) is 39.9 Å². The molecule has 0 aliphatic heterocycles. The molecule has 0 aliphatic rings. The van der Waals surface area contributed by atoms with Gasteiger partial charge in [0.15, 0.2) is 15.7 Å². The number of nitrogens with one attached hydrogen (secondary N) is 1. The SMILES string of the molecule is CS(=O)(=O)c1ccc(-n2nnnc2CNC(c2ccccc2)c2ccccn2)cc1. The van der Waals surface area contributed by atoms with Gasteiger partial charge in [0.2, 0.25) is 0 Å². The van der Waals surface area contributed by atoms with Gasteiger partial charge in [0, 0.05) is 12.5 Å². The van der Waals surface area contributed by atoms with Gasteiger partial charge < -0.3 is 0 Å². The Kier molecular flexibility index (Phi) is 5.64. The molecule has 2 heterocycles. The first-order valence-corrected chi connectivity index (χ1v) is 11.2. The van der Waals surface area contributed by atoms with E-state index < -0.39 is 9.84 Å². The second-order valence-corrected chi connectivity index (χ2v) is 8.77. The van der Waals surface area contributed by atoms with E-state index in [0.29, 0.717) is 18.1 Å². The molecular formula is C21H20N6O2S. The maximum absolute atomic E-state index is 11.7. The quantitative estimate of drug-likeness (QED) is 0.489. The van der Waals surface area contributed by atoms with E-state index in [0.717, 1.165) is 11.3 Å². The second kappa shape index (κ2) is 8.52. The molecule has 152 valence electrons. The van der Waals surface area contributed by atoms with Gasteiger partial charge in [-0.25, -0.2) is 8.42 Å². The van der Waals surface area contributed by atoms with Crippen molar-refractivity contribution in [3.8, 4) is 5.69 Å². The van der Waals surface area contributed by atoms with E-state index in [4.69, 9.17) is 0 Å². The fourth-order valence-corrected chi connectivity index (χ4v) is 3.76. The number of hydrogen-bond acceptors (Lipinski definition) is 7. The highest BCUT2D eigenvalue weighted by Crippen LogP contribution is 2.21. The minimum atomic E-state index is -3.26. The molecule has 8 nitrogen and oxygen atoms in total. The molecule has 4 rings (SSSR count). The van der Waals surface area contributed by atoms with Crippen molar-refractivity contribution in [2.24, 2.45) is 0 Å². The highest BCUT2D eigenvalue weighted by atomic mass is 32.2. The summed E-state index contributed by atoms with van der Waals surface area (Å²) in [5.74, 6) is 0.596. The molecule has 0 radical (unpaired) electrons. The average Bonchev–Trinajstić information content (AvgIpc) is 3.23. The number of tetrazole rings is 1. The molecule has 1 N–H and O–H groups in total. The number of rotatable bonds is 7. The summed E-state index contributed by atoms with van der Waals surface area (Å²) in [6.07, 6.45) is 2.94. The lowest BCUT2D eigenvalue weighted by atomic mass is 10.0. The molecule has 30 heavy (non-hydrogen) atoms. The van der Waals surface area contributed by atoms with Gasteiger partial charge in [-0.15, -0.1) is 5.10 Å². The van der Waals surface area contributed by atoms with Crippen LogP contribution in [0.15, 0.2) is 83.9 Å². The normalized spacial score (nSPS) is 12.6. The summed E-state index contributed by atoms with van der Waals surface area (Å²) in [7, 11) is -3.26. The molecule has 0 amide bonds. The van der Waals surface area contributed by atoms with Crippen molar-refractivity contribution in [3.63, 3.8) is 0 Å². The predicted molar refractivity (Wildman–Crippen MR) is 112 cm³/mol. The monoisotopic (exact) mass is 420 g/mol. The maximum atomic E-state index is 11.7. The summed E-state index contributed by atoms with van der Waals surface area (Å²) in [4.78, 5) is 4.74. The van der Waals surface area contributed by atoms with Gasteiger partial charge in [0.1, 0.15) is 0 Å². The average molecular weight is 420 g/mol. The topological polar surface area (TPSA) is 103 Å². The van der Waals surface area contributed by atoms with Crippen LogP contribution in [0, 0.1) is 0 Å². The molecule has 4 aromatic rings. The smallest absolute Gasteiger partial charge is 0.175 e. The first-order valence-electron chi connectivity index (χ1n) is 9.29. The fourth-order valence-electron chi connectivity index (χ4n) is 3.13. The third kappa shape index (κ3) is 4.42. The van der Waals surface area contributed by atoms with Crippen molar-refractivity contribution in [1.29, 1.82) is 0 Å². The molecule has 1 atom stereocenters. The van der Waals surface area contributed by atoms with Gasteiger partial charge in [-0.3, -0.25) is 10.3 Å². The summed E-state index contributed by atoms with van der Waals surface area (Å²) in [5.41, 5.74) is 2.64. The lowest BCUT2D eigenvalue weighted by molar-refractivity contribution is 0.565. The minimum Gasteiger partial charge on any atom is -0.298 e. The molecule has 0 saturated carbocycles. The number of hydrogen-bond donors (Lipinski definition) is 1. The zero-order chi connectivity index (χ0) is 21.0. The van der Waals surface area contributed by atoms with Gasteiger partial charge >= 0.3 is 0 Å². The lowest BCUT2D eigenvalue weighted by Crippen LogP contribution is -2.24. The Morgan fingerprint density at radius 1 is 0.967 bits per heavy atom. The second-order valence-electron chi connectivity index (χ2n) is 6.75. The zero-order valence-corrected chi connectivity index (χ0v) is 17.1. The highest BCUT2D eigenvalue weighted by molar-refractivity contribution is 7.90. The van der Waals surface area contributed by atoms with E-state index in [-0.39, 0.29) is 10.9 Å². The molecule has 0 aliphatic carbocycles. The van der Waals surface area contributed by atoms with Crippen molar-refractivity contribution in [1.82, 2.24) is 30.5 Å². The number of aromatic nitrogens is 5. The first kappa shape index (κ1) is 19.9. The summed E-state index contributed by atoms with van der Waals surface area (Å²) in [6, 6.07) is 22.2. The van der Waals surface area contributed by atoms with Crippen molar-refractivity contribution >= 4 is 9.84 Å². The first-order chi connectivity index (χ1) is 14.5. The van der Waals surface area contributed by atoms with Gasteiger partial charge in [-0.1, -0.05) is 36.4 Å². The molecule has 0 fully saturated rings. The molecule has 0 spiro atoms. The Balaban J connectivity index is 1.58. The Hall–Kier alpha value is -3.43. The van der Waals surface area contributed by atoms with Crippen LogP contribution in [0.25, 0.3) is 5.69 Å². The predicted octanol–water partition coefficient (Wildman–Crippen LogP) is 2.34. The summed E-state index contributed by atoms with van der Waals surface area (Å²) in [6.45, 7) is 0.386. The van der Waals surface area contributed by atoms with E-state index in [2.05, 4.69) is 25.8 Å². The highest BCUT2D eigenvalue weighted by Gasteiger charge is 2.17. The number of nitrogens with zero attached hydrogens (tertiary/aromatic N) is 5. The molecular weight excluding hydrogens is 400 g/mol. The van der Waals surface area contributed by atoms with Gasteiger partial charge in [0.05, 0.1) is 28.9 Å². The molecule has 0 bridgehead atoms. The van der Waals surface area contributed by atoms with Crippen molar-refractivity contribution in [3.05, 3.63) is 96.1 Å². The van der Waals surface area contributed by atoms with E-state index in [1.807, 2.05) is 48.5 Å². The van der Waals surface area contributed by atoms with Crippen LogP contribution in [0.2, 0.25) is 0 Å². The number of benzene rings is 2. The van der Waals surface area contributed by atoms with Crippen LogP contribution in [0.4, 0.5) is 0 Å². The van der Waals surface area contributed by atoms with Crippen molar-refractivity contribution in [2.75, 3.05) is 6.26 Å². The van der Waals surface area contributed by atoms with Crippen LogP contribution < -0.4 is 5.32 Å². The summed E-state index contributed by atoms with van der Waals surface area (Å²) < 4.78 is 24.9. The van der Waals surface area contributed by atoms with Gasteiger partial charge in [-0.2, -0.15) is 4.68 Å². The standard InChI is InChI=1S/C21H20N6O2S/c1-30(28,29)18-12-10-17(11-13-18)27-20(24-25-26-27)15-23-21(16-7-3-2-4-8-16)19-9-5-6-14-22-19/h2-14,21,23H,15H2,1H3. The van der Waals surface area contributed by atoms with Crippen molar-refractivity contribution in [2.45, 2.75) is 17.5 Å². The van der Waals surface area contributed by atoms with E-state index in [1.165, 1.54) is 6.26 Å². The molecule has 0 saturated heterocycles. The summed E-state index contributed by atoms with van der Waals surface area (Å²) >= 11 is 0. The molecule has 1 unspecified atom stereocenters. The zero-order valence-electron chi connectivity index (χ0n) is 16.3. The molecule has 2 aromatic carbocycles.